The Bertz CT molecular complexity index is 316. The van der Waals surface area contributed by atoms with Crippen LogP contribution in [0.1, 0.15) is 161 Å². The van der Waals surface area contributed by atoms with Crippen molar-refractivity contribution in [1.82, 2.24) is 0 Å². The lowest BCUT2D eigenvalue weighted by Gasteiger charge is -2.11. The zero-order valence-electron chi connectivity index (χ0n) is 21.1. The minimum absolute atomic E-state index is 0.954. The molecule has 0 saturated carbocycles. The minimum Gasteiger partial charge on any atom is -0.0885 e. The van der Waals surface area contributed by atoms with Crippen molar-refractivity contribution in [3.63, 3.8) is 0 Å². The Hall–Kier alpha value is -0.260. The molecule has 0 rings (SSSR count). The van der Waals surface area contributed by atoms with Crippen molar-refractivity contribution in [2.24, 2.45) is 5.92 Å². The third kappa shape index (κ3) is 25.8. The van der Waals surface area contributed by atoms with Crippen molar-refractivity contribution in [2.75, 3.05) is 0 Å². The Morgan fingerprint density at radius 1 is 0.500 bits per heavy atom. The predicted octanol–water partition coefficient (Wildman–Crippen LogP) is 11.2. The van der Waals surface area contributed by atoms with Crippen LogP contribution in [0.2, 0.25) is 0 Å². The molecular formula is C30H58. The highest BCUT2D eigenvalue weighted by molar-refractivity contribution is 4.83. The van der Waals surface area contributed by atoms with Crippen LogP contribution in [0.25, 0.3) is 0 Å². The van der Waals surface area contributed by atoms with Crippen LogP contribution in [0.4, 0.5) is 0 Å². The molecule has 2 radical (unpaired) electrons. The molecule has 0 aliphatic carbocycles. The molecule has 0 N–H and O–H groups in total. The summed E-state index contributed by atoms with van der Waals surface area (Å²) in [5.41, 5.74) is 0. The zero-order valence-corrected chi connectivity index (χ0v) is 21.1. The minimum atomic E-state index is 0.954. The Morgan fingerprint density at radius 2 is 0.833 bits per heavy atom. The van der Waals surface area contributed by atoms with Gasteiger partial charge in [0.05, 0.1) is 0 Å². The summed E-state index contributed by atoms with van der Waals surface area (Å²) in [4.78, 5) is 0. The van der Waals surface area contributed by atoms with Crippen molar-refractivity contribution in [3.8, 4) is 0 Å². The summed E-state index contributed by atoms with van der Waals surface area (Å²) in [7, 11) is 0. The Labute approximate surface area is 193 Å². The van der Waals surface area contributed by atoms with E-state index in [0.29, 0.717) is 0 Å². The van der Waals surface area contributed by atoms with Crippen LogP contribution in [0.3, 0.4) is 0 Å². The van der Waals surface area contributed by atoms with Gasteiger partial charge in [0.1, 0.15) is 0 Å². The molecule has 0 spiro atoms. The van der Waals surface area contributed by atoms with Crippen LogP contribution in [0.15, 0.2) is 12.2 Å². The molecule has 0 aromatic rings. The summed E-state index contributed by atoms with van der Waals surface area (Å²) in [5, 5.41) is 0. The predicted molar refractivity (Wildman–Crippen MR) is 140 cm³/mol. The topological polar surface area (TPSA) is 0 Å². The van der Waals surface area contributed by atoms with E-state index in [1.165, 1.54) is 148 Å². The second-order valence-electron chi connectivity index (χ2n) is 9.87. The van der Waals surface area contributed by atoms with Gasteiger partial charge in [0.25, 0.3) is 0 Å². The van der Waals surface area contributed by atoms with Crippen molar-refractivity contribution >= 4 is 0 Å². The normalized spacial score (nSPS) is 12.8. The molecule has 0 heterocycles. The maximum Gasteiger partial charge on any atom is -0.0316 e. The molecule has 0 aromatic heterocycles. The second kappa shape index (κ2) is 26.8. The van der Waals surface area contributed by atoms with Gasteiger partial charge in [0.2, 0.25) is 0 Å². The van der Waals surface area contributed by atoms with E-state index in [2.05, 4.69) is 26.8 Å². The maximum absolute atomic E-state index is 3.92. The van der Waals surface area contributed by atoms with Gasteiger partial charge >= 0.3 is 0 Å². The van der Waals surface area contributed by atoms with Gasteiger partial charge in [-0.25, -0.2) is 0 Å². The van der Waals surface area contributed by atoms with E-state index in [1.54, 1.807) is 0 Å². The zero-order chi connectivity index (χ0) is 22.0. The van der Waals surface area contributed by atoms with Gasteiger partial charge in [-0.05, 0) is 25.7 Å². The summed E-state index contributed by atoms with van der Waals surface area (Å²) in [6, 6.07) is 0. The molecule has 0 bridgehead atoms. The van der Waals surface area contributed by atoms with Crippen molar-refractivity contribution in [1.29, 1.82) is 0 Å². The summed E-state index contributed by atoms with van der Waals surface area (Å²) in [5.74, 6) is 0.954. The molecule has 30 heavy (non-hydrogen) atoms. The first-order valence-corrected chi connectivity index (χ1v) is 14.0. The molecule has 0 heteroatoms. The highest BCUT2D eigenvalue weighted by Gasteiger charge is 2.02. The van der Waals surface area contributed by atoms with E-state index in [4.69, 9.17) is 0 Å². The molecule has 0 aromatic carbocycles. The lowest BCUT2D eigenvalue weighted by molar-refractivity contribution is 0.430. The highest BCUT2D eigenvalue weighted by atomic mass is 14.1. The van der Waals surface area contributed by atoms with Crippen LogP contribution in [0, 0.1) is 19.8 Å². The van der Waals surface area contributed by atoms with Crippen molar-refractivity contribution in [2.45, 2.75) is 161 Å². The SMILES string of the molecule is [CH2]C=CCCCCCCCCCCCC(C)CCCCCCCCCCCCC[CH2]. The van der Waals surface area contributed by atoms with Gasteiger partial charge in [0, 0.05) is 0 Å². The Kier molecular flexibility index (Phi) is 26.5. The van der Waals surface area contributed by atoms with E-state index in [1.807, 2.05) is 6.08 Å². The van der Waals surface area contributed by atoms with Gasteiger partial charge < -0.3 is 0 Å². The number of hydrogen-bond acceptors (Lipinski definition) is 0. The standard InChI is InChI=1S/C30H58/c1-4-6-8-10-12-14-16-18-20-22-24-26-28-30(3)29-27-25-23-21-19-17-15-13-11-9-7-5-2/h4,6,30H,1-2,5,7-29H2,3H3. The molecule has 178 valence electrons. The van der Waals surface area contributed by atoms with Crippen LogP contribution < -0.4 is 0 Å². The monoisotopic (exact) mass is 418 g/mol. The first-order valence-electron chi connectivity index (χ1n) is 14.0. The summed E-state index contributed by atoms with van der Waals surface area (Å²) in [6.45, 7) is 10.1. The summed E-state index contributed by atoms with van der Waals surface area (Å²) >= 11 is 0. The lowest BCUT2D eigenvalue weighted by atomic mass is 9.95. The summed E-state index contributed by atoms with van der Waals surface area (Å²) < 4.78 is 0. The fourth-order valence-electron chi connectivity index (χ4n) is 4.52. The molecule has 0 aliphatic rings. The fraction of sp³-hybridized carbons (Fsp3) is 0.867. The first-order chi connectivity index (χ1) is 14.8. The van der Waals surface area contributed by atoms with E-state index in [0.717, 1.165) is 12.3 Å². The summed E-state index contributed by atoms with van der Waals surface area (Å²) in [6.07, 6.45) is 38.2. The molecular weight excluding hydrogens is 360 g/mol. The van der Waals surface area contributed by atoms with E-state index >= 15 is 0 Å². The second-order valence-corrected chi connectivity index (χ2v) is 9.87. The molecule has 0 nitrogen and oxygen atoms in total. The highest BCUT2D eigenvalue weighted by Crippen LogP contribution is 2.19. The van der Waals surface area contributed by atoms with Gasteiger partial charge in [-0.3, -0.25) is 0 Å². The third-order valence-electron chi connectivity index (χ3n) is 6.68. The molecule has 1 unspecified atom stereocenters. The Balaban J connectivity index is 3.14. The quantitative estimate of drug-likeness (QED) is 0.129. The molecule has 0 amide bonds. The Morgan fingerprint density at radius 3 is 1.20 bits per heavy atom. The third-order valence-corrected chi connectivity index (χ3v) is 6.68. The smallest absolute Gasteiger partial charge is 0.0316 e. The number of allylic oxidation sites excluding steroid dienone is 2. The molecule has 0 aliphatic heterocycles. The van der Waals surface area contributed by atoms with Crippen LogP contribution in [-0.4, -0.2) is 0 Å². The fourth-order valence-corrected chi connectivity index (χ4v) is 4.52. The van der Waals surface area contributed by atoms with Gasteiger partial charge in [-0.1, -0.05) is 167 Å². The lowest BCUT2D eigenvalue weighted by Crippen LogP contribution is -1.95. The van der Waals surface area contributed by atoms with E-state index < -0.39 is 0 Å². The van der Waals surface area contributed by atoms with Crippen LogP contribution in [-0.2, 0) is 0 Å². The van der Waals surface area contributed by atoms with Crippen LogP contribution >= 0.6 is 0 Å². The van der Waals surface area contributed by atoms with Gasteiger partial charge in [0.15, 0.2) is 0 Å². The van der Waals surface area contributed by atoms with E-state index in [-0.39, 0.29) is 0 Å². The van der Waals surface area contributed by atoms with Gasteiger partial charge in [-0.2, -0.15) is 0 Å². The first kappa shape index (κ1) is 29.7. The average Bonchev–Trinajstić information content (AvgIpc) is 2.75. The number of rotatable bonds is 25. The maximum atomic E-state index is 3.92. The van der Waals surface area contributed by atoms with Crippen LogP contribution in [0.5, 0.6) is 0 Å². The van der Waals surface area contributed by atoms with E-state index in [9.17, 15) is 0 Å². The van der Waals surface area contributed by atoms with Gasteiger partial charge in [-0.15, -0.1) is 0 Å². The number of hydrogen-bond donors (Lipinski definition) is 0. The molecule has 1 atom stereocenters. The number of unbranched alkanes of at least 4 members (excludes halogenated alkanes) is 20. The molecule has 0 saturated heterocycles. The van der Waals surface area contributed by atoms with Crippen molar-refractivity contribution in [3.05, 3.63) is 26.0 Å². The average molecular weight is 419 g/mol. The molecule has 0 fully saturated rings. The van der Waals surface area contributed by atoms with Crippen molar-refractivity contribution < 1.29 is 0 Å². The largest absolute Gasteiger partial charge is 0.0885 e.